The number of hydrogen-bond acceptors (Lipinski definition) is 2. The number of fused-ring (bicyclic) bond motifs is 2. The average molecular weight is 351 g/mol. The molecule has 4 aromatic rings. The second kappa shape index (κ2) is 6.48. The van der Waals surface area contributed by atoms with Gasteiger partial charge in [0.25, 0.3) is 0 Å². The zero-order chi connectivity index (χ0) is 18.2. The van der Waals surface area contributed by atoms with E-state index in [4.69, 9.17) is 4.74 Å². The Bertz CT molecular complexity index is 1100. The van der Waals surface area contributed by atoms with Gasteiger partial charge in [-0.1, -0.05) is 78.9 Å². The van der Waals surface area contributed by atoms with Gasteiger partial charge in [0.2, 0.25) is 0 Å². The van der Waals surface area contributed by atoms with Crippen LogP contribution in [0.3, 0.4) is 0 Å². The van der Waals surface area contributed by atoms with Crippen molar-refractivity contribution in [1.29, 1.82) is 0 Å². The van der Waals surface area contributed by atoms with Crippen LogP contribution in [0.5, 0.6) is 5.75 Å². The van der Waals surface area contributed by atoms with E-state index in [1.54, 1.807) is 0 Å². The van der Waals surface area contributed by atoms with Gasteiger partial charge in [-0.15, -0.1) is 0 Å². The lowest BCUT2D eigenvalue weighted by Crippen LogP contribution is -2.33. The molecule has 1 atom stereocenters. The fraction of sp³-hybridized carbons (Fsp3) is 0.120. The molecular weight excluding hydrogens is 330 g/mol. The Morgan fingerprint density at radius 3 is 2.44 bits per heavy atom. The van der Waals surface area contributed by atoms with Crippen LogP contribution in [0.1, 0.15) is 5.56 Å². The van der Waals surface area contributed by atoms with E-state index < -0.39 is 0 Å². The third-order valence-corrected chi connectivity index (χ3v) is 5.42. The third-order valence-electron chi connectivity index (χ3n) is 5.42. The fourth-order valence-corrected chi connectivity index (χ4v) is 3.92. The van der Waals surface area contributed by atoms with Crippen molar-refractivity contribution in [3.05, 3.63) is 96.6 Å². The maximum Gasteiger partial charge on any atom is 0.176 e. The van der Waals surface area contributed by atoms with Gasteiger partial charge in [-0.3, -0.25) is 0 Å². The Labute approximate surface area is 159 Å². The first kappa shape index (κ1) is 16.0. The van der Waals surface area contributed by atoms with Crippen molar-refractivity contribution in [2.45, 2.75) is 12.6 Å². The summed E-state index contributed by atoms with van der Waals surface area (Å²) in [4.78, 5) is 2.25. The van der Waals surface area contributed by atoms with Gasteiger partial charge >= 0.3 is 0 Å². The summed E-state index contributed by atoms with van der Waals surface area (Å²) in [6.45, 7) is 0. The zero-order valence-corrected chi connectivity index (χ0v) is 15.3. The number of ether oxygens (including phenoxy) is 1. The lowest BCUT2D eigenvalue weighted by atomic mass is 10.0. The first-order valence-corrected chi connectivity index (χ1v) is 9.35. The molecule has 0 saturated heterocycles. The average Bonchev–Trinajstić information content (AvgIpc) is 3.04. The fourth-order valence-electron chi connectivity index (χ4n) is 3.92. The van der Waals surface area contributed by atoms with Crippen molar-refractivity contribution in [3.63, 3.8) is 0 Å². The number of rotatable bonds is 3. The molecule has 0 N–H and O–H groups in total. The number of likely N-dealkylation sites (N-methyl/N-ethyl adjacent to an activating group) is 1. The molecule has 0 radical (unpaired) electrons. The van der Waals surface area contributed by atoms with Crippen LogP contribution in [0.25, 0.3) is 21.9 Å². The Hall–Kier alpha value is -3.26. The quantitative estimate of drug-likeness (QED) is 0.455. The standard InChI is InChI=1S/C25H21NO/c1-26-23-16-20(18-8-3-2-4-9-18)14-15-24(23)27-25(26)17-21-12-7-11-19-10-5-6-13-22(19)21/h2-16,25H,17H2,1H3. The van der Waals surface area contributed by atoms with Crippen LogP contribution in [0.2, 0.25) is 0 Å². The topological polar surface area (TPSA) is 12.5 Å². The van der Waals surface area contributed by atoms with E-state index in [2.05, 4.69) is 96.9 Å². The first-order chi connectivity index (χ1) is 13.3. The normalized spacial score (nSPS) is 15.6. The Balaban J connectivity index is 1.45. The van der Waals surface area contributed by atoms with Crippen LogP contribution in [0.4, 0.5) is 5.69 Å². The monoisotopic (exact) mass is 351 g/mol. The molecule has 0 bridgehead atoms. The molecule has 27 heavy (non-hydrogen) atoms. The van der Waals surface area contributed by atoms with Gasteiger partial charge in [0, 0.05) is 13.5 Å². The molecule has 1 aliphatic rings. The summed E-state index contributed by atoms with van der Waals surface area (Å²) in [5.74, 6) is 0.961. The SMILES string of the molecule is CN1c2cc(-c3ccccc3)ccc2OC1Cc1cccc2ccccc12. The Morgan fingerprint density at radius 2 is 1.56 bits per heavy atom. The summed E-state index contributed by atoms with van der Waals surface area (Å²) in [6.07, 6.45) is 0.865. The zero-order valence-electron chi connectivity index (χ0n) is 15.3. The molecule has 0 fully saturated rings. The van der Waals surface area contributed by atoms with E-state index in [1.165, 1.54) is 27.5 Å². The van der Waals surface area contributed by atoms with Crippen LogP contribution in [0, 0.1) is 0 Å². The molecular formula is C25H21NO. The minimum absolute atomic E-state index is 0.0110. The molecule has 0 aromatic heterocycles. The van der Waals surface area contributed by atoms with Gasteiger partial charge < -0.3 is 9.64 Å². The van der Waals surface area contributed by atoms with Crippen molar-refractivity contribution in [2.24, 2.45) is 0 Å². The second-order valence-electron chi connectivity index (χ2n) is 7.07. The van der Waals surface area contributed by atoms with Gasteiger partial charge in [-0.05, 0) is 39.6 Å². The maximum absolute atomic E-state index is 6.29. The first-order valence-electron chi connectivity index (χ1n) is 9.35. The maximum atomic E-state index is 6.29. The van der Waals surface area contributed by atoms with Gasteiger partial charge in [-0.2, -0.15) is 0 Å². The van der Waals surface area contributed by atoms with E-state index in [0.29, 0.717) is 0 Å². The number of benzene rings is 4. The van der Waals surface area contributed by atoms with Crippen molar-refractivity contribution in [2.75, 3.05) is 11.9 Å². The molecule has 4 aromatic carbocycles. The number of anilines is 1. The molecule has 0 saturated carbocycles. The minimum atomic E-state index is 0.0110. The molecule has 1 heterocycles. The summed E-state index contributed by atoms with van der Waals surface area (Å²) >= 11 is 0. The van der Waals surface area contributed by atoms with Gasteiger partial charge in [0.1, 0.15) is 5.75 Å². The minimum Gasteiger partial charge on any atom is -0.468 e. The van der Waals surface area contributed by atoms with Crippen LogP contribution >= 0.6 is 0 Å². The Morgan fingerprint density at radius 1 is 0.778 bits per heavy atom. The molecule has 1 aliphatic heterocycles. The summed E-state index contributed by atoms with van der Waals surface area (Å²) in [7, 11) is 2.12. The smallest absolute Gasteiger partial charge is 0.176 e. The highest BCUT2D eigenvalue weighted by molar-refractivity contribution is 5.85. The molecule has 0 aliphatic carbocycles. The number of nitrogens with zero attached hydrogens (tertiary/aromatic N) is 1. The largest absolute Gasteiger partial charge is 0.468 e. The van der Waals surface area contributed by atoms with E-state index in [9.17, 15) is 0 Å². The van der Waals surface area contributed by atoms with Crippen LogP contribution in [-0.4, -0.2) is 13.3 Å². The number of hydrogen-bond donors (Lipinski definition) is 0. The predicted molar refractivity (Wildman–Crippen MR) is 112 cm³/mol. The molecule has 0 amide bonds. The van der Waals surface area contributed by atoms with Crippen LogP contribution in [-0.2, 0) is 6.42 Å². The Kier molecular flexibility index (Phi) is 3.83. The molecule has 2 heteroatoms. The van der Waals surface area contributed by atoms with Gasteiger partial charge in [0.15, 0.2) is 6.23 Å². The van der Waals surface area contributed by atoms with E-state index >= 15 is 0 Å². The lowest BCUT2D eigenvalue weighted by molar-refractivity contribution is 0.230. The summed E-state index contributed by atoms with van der Waals surface area (Å²) < 4.78 is 6.29. The van der Waals surface area contributed by atoms with Crippen LogP contribution in [0.15, 0.2) is 91.0 Å². The van der Waals surface area contributed by atoms with Crippen molar-refractivity contribution < 1.29 is 4.74 Å². The summed E-state index contributed by atoms with van der Waals surface area (Å²) in [5, 5.41) is 2.58. The molecule has 1 unspecified atom stereocenters. The van der Waals surface area contributed by atoms with E-state index in [1.807, 2.05) is 6.07 Å². The van der Waals surface area contributed by atoms with Gasteiger partial charge in [0.05, 0.1) is 5.69 Å². The van der Waals surface area contributed by atoms with Crippen molar-refractivity contribution >= 4 is 16.5 Å². The lowest BCUT2D eigenvalue weighted by Gasteiger charge is -2.21. The molecule has 132 valence electrons. The highest BCUT2D eigenvalue weighted by atomic mass is 16.5. The van der Waals surface area contributed by atoms with E-state index in [-0.39, 0.29) is 6.23 Å². The van der Waals surface area contributed by atoms with Crippen molar-refractivity contribution in [3.8, 4) is 16.9 Å². The van der Waals surface area contributed by atoms with E-state index in [0.717, 1.165) is 17.9 Å². The van der Waals surface area contributed by atoms with Gasteiger partial charge in [-0.25, -0.2) is 0 Å². The molecule has 5 rings (SSSR count). The van der Waals surface area contributed by atoms with Crippen molar-refractivity contribution in [1.82, 2.24) is 0 Å². The third kappa shape index (κ3) is 2.83. The molecule has 2 nitrogen and oxygen atoms in total. The summed E-state index contributed by atoms with van der Waals surface area (Å²) in [6, 6.07) is 32.0. The second-order valence-corrected chi connectivity index (χ2v) is 7.07. The predicted octanol–water partition coefficient (Wildman–Crippen LogP) is 5.90. The highest BCUT2D eigenvalue weighted by Crippen LogP contribution is 2.40. The van der Waals surface area contributed by atoms with Crippen LogP contribution < -0.4 is 9.64 Å². The molecule has 0 spiro atoms. The highest BCUT2D eigenvalue weighted by Gasteiger charge is 2.28. The summed E-state index contributed by atoms with van der Waals surface area (Å²) in [5.41, 5.74) is 4.92.